The van der Waals surface area contributed by atoms with Crippen LogP contribution in [0.25, 0.3) is 0 Å². The molecule has 1 N–H and O–H groups in total. The Kier molecular flexibility index (Phi) is 7.11. The highest BCUT2D eigenvalue weighted by atomic mass is 16.6. The predicted octanol–water partition coefficient (Wildman–Crippen LogP) is 2.51. The van der Waals surface area contributed by atoms with Gasteiger partial charge in [-0.05, 0) is 43.3 Å². The Labute approximate surface area is 152 Å². The van der Waals surface area contributed by atoms with E-state index in [2.05, 4.69) is 10.2 Å². The first-order chi connectivity index (χ1) is 12.5. The number of nitro benzene ring substituents is 1. The van der Waals surface area contributed by atoms with Crippen molar-refractivity contribution in [2.45, 2.75) is 6.42 Å². The van der Waals surface area contributed by atoms with Crippen molar-refractivity contribution in [2.24, 2.45) is 0 Å². The number of nitrogens with zero attached hydrogens (tertiary/aromatic N) is 2. The number of carbonyl (C=O) groups is 1. The van der Waals surface area contributed by atoms with E-state index >= 15 is 0 Å². The van der Waals surface area contributed by atoms with Gasteiger partial charge in [-0.2, -0.15) is 0 Å². The molecule has 0 aliphatic rings. The van der Waals surface area contributed by atoms with Crippen molar-refractivity contribution in [1.29, 1.82) is 0 Å². The van der Waals surface area contributed by atoms with Crippen LogP contribution in [0.15, 0.2) is 48.5 Å². The Hall–Kier alpha value is -2.93. The maximum absolute atomic E-state index is 11.5. The minimum atomic E-state index is -0.394. The summed E-state index contributed by atoms with van der Waals surface area (Å²) in [6.07, 6.45) is 0.815. The number of hydrogen-bond acceptors (Lipinski definition) is 5. The number of carbonyl (C=O) groups excluding carboxylic acids is 1. The second-order valence-electron chi connectivity index (χ2n) is 5.93. The van der Waals surface area contributed by atoms with Crippen LogP contribution in [0.3, 0.4) is 0 Å². The summed E-state index contributed by atoms with van der Waals surface area (Å²) in [6, 6.07) is 13.6. The molecule has 2 aromatic rings. The highest BCUT2D eigenvalue weighted by Gasteiger charge is 2.06. The summed E-state index contributed by atoms with van der Waals surface area (Å²) in [6.45, 7) is 2.12. The summed E-state index contributed by atoms with van der Waals surface area (Å²) in [5.41, 5.74) is 1.77. The molecule has 0 heterocycles. The van der Waals surface area contributed by atoms with Crippen molar-refractivity contribution >= 4 is 11.6 Å². The number of benzene rings is 2. The number of amides is 1. The van der Waals surface area contributed by atoms with Gasteiger partial charge in [0.25, 0.3) is 11.6 Å². The lowest BCUT2D eigenvalue weighted by atomic mass is 10.1. The largest absolute Gasteiger partial charge is 0.492 e. The summed E-state index contributed by atoms with van der Waals surface area (Å²) >= 11 is 0. The minimum Gasteiger partial charge on any atom is -0.492 e. The molecule has 2 aromatic carbocycles. The highest BCUT2D eigenvalue weighted by Crippen LogP contribution is 2.13. The SMILES string of the molecule is CNC(=O)c1ccc(OCCN(C)CCc2ccc([N+](=O)[O-])cc2)cc1. The third-order valence-electron chi connectivity index (χ3n) is 4.01. The number of nitrogens with one attached hydrogen (secondary N) is 1. The zero-order chi connectivity index (χ0) is 18.9. The van der Waals surface area contributed by atoms with Crippen LogP contribution in [0.4, 0.5) is 5.69 Å². The minimum absolute atomic E-state index is 0.109. The van der Waals surface area contributed by atoms with Crippen LogP contribution in [0.1, 0.15) is 15.9 Å². The van der Waals surface area contributed by atoms with Crippen molar-refractivity contribution < 1.29 is 14.5 Å². The van der Waals surface area contributed by atoms with Crippen LogP contribution in [0.5, 0.6) is 5.75 Å². The van der Waals surface area contributed by atoms with Crippen molar-refractivity contribution in [1.82, 2.24) is 10.2 Å². The molecular formula is C19H23N3O4. The van der Waals surface area contributed by atoms with Gasteiger partial charge in [-0.1, -0.05) is 12.1 Å². The lowest BCUT2D eigenvalue weighted by Crippen LogP contribution is -2.26. The monoisotopic (exact) mass is 357 g/mol. The molecule has 0 saturated heterocycles. The summed E-state index contributed by atoms with van der Waals surface area (Å²) in [5.74, 6) is 0.601. The van der Waals surface area contributed by atoms with Gasteiger partial charge in [0.05, 0.1) is 4.92 Å². The summed E-state index contributed by atoms with van der Waals surface area (Å²) in [5, 5.41) is 13.2. The molecule has 7 nitrogen and oxygen atoms in total. The molecule has 0 aliphatic heterocycles. The van der Waals surface area contributed by atoms with Gasteiger partial charge in [-0.3, -0.25) is 14.9 Å². The lowest BCUT2D eigenvalue weighted by Gasteiger charge is -2.17. The first kappa shape index (κ1) is 19.4. The Morgan fingerprint density at radius 2 is 1.77 bits per heavy atom. The highest BCUT2D eigenvalue weighted by molar-refractivity contribution is 5.94. The number of nitro groups is 1. The first-order valence-corrected chi connectivity index (χ1v) is 8.36. The second-order valence-corrected chi connectivity index (χ2v) is 5.93. The fourth-order valence-electron chi connectivity index (χ4n) is 2.38. The molecule has 0 saturated carbocycles. The maximum atomic E-state index is 11.5. The van der Waals surface area contributed by atoms with Crippen LogP contribution < -0.4 is 10.1 Å². The van der Waals surface area contributed by atoms with Gasteiger partial charge in [-0.25, -0.2) is 0 Å². The van der Waals surface area contributed by atoms with Crippen molar-refractivity contribution in [3.63, 3.8) is 0 Å². The van der Waals surface area contributed by atoms with Gasteiger partial charge >= 0.3 is 0 Å². The summed E-state index contributed by atoms with van der Waals surface area (Å²) in [7, 11) is 3.60. The number of likely N-dealkylation sites (N-methyl/N-ethyl adjacent to an activating group) is 1. The molecule has 0 radical (unpaired) electrons. The maximum Gasteiger partial charge on any atom is 0.269 e. The fraction of sp³-hybridized carbons (Fsp3) is 0.316. The standard InChI is InChI=1S/C19H23N3O4/c1-20-19(23)16-5-9-18(10-6-16)26-14-13-21(2)12-11-15-3-7-17(8-4-15)22(24)25/h3-10H,11-14H2,1-2H3,(H,20,23). The van der Waals surface area contributed by atoms with Gasteiger partial charge in [-0.15, -0.1) is 0 Å². The molecule has 2 rings (SSSR count). The van der Waals surface area contributed by atoms with Crippen molar-refractivity contribution in [2.75, 3.05) is 33.8 Å². The molecular weight excluding hydrogens is 334 g/mol. The van der Waals surface area contributed by atoms with Gasteiger partial charge < -0.3 is 15.0 Å². The van der Waals surface area contributed by atoms with Crippen LogP contribution in [-0.2, 0) is 6.42 Å². The van der Waals surface area contributed by atoms with Gasteiger partial charge in [0.15, 0.2) is 0 Å². The third kappa shape index (κ3) is 5.86. The van der Waals surface area contributed by atoms with Crippen molar-refractivity contribution in [3.8, 4) is 5.75 Å². The number of hydrogen-bond donors (Lipinski definition) is 1. The smallest absolute Gasteiger partial charge is 0.269 e. The Bertz CT molecular complexity index is 729. The molecule has 7 heteroatoms. The van der Waals surface area contributed by atoms with Gasteiger partial charge in [0.2, 0.25) is 0 Å². The molecule has 26 heavy (non-hydrogen) atoms. The second kappa shape index (κ2) is 9.53. The number of rotatable bonds is 9. The molecule has 0 bridgehead atoms. The van der Waals surface area contributed by atoms with Crippen LogP contribution >= 0.6 is 0 Å². The van der Waals surface area contributed by atoms with Crippen molar-refractivity contribution in [3.05, 3.63) is 69.8 Å². The number of non-ortho nitro benzene ring substituents is 1. The molecule has 0 aromatic heterocycles. The van der Waals surface area contributed by atoms with E-state index in [9.17, 15) is 14.9 Å². The zero-order valence-electron chi connectivity index (χ0n) is 15.0. The molecule has 0 aliphatic carbocycles. The lowest BCUT2D eigenvalue weighted by molar-refractivity contribution is -0.384. The molecule has 0 fully saturated rings. The van der Waals surface area contributed by atoms with E-state index in [4.69, 9.17) is 4.74 Å². The van der Waals surface area contributed by atoms with Gasteiger partial charge in [0.1, 0.15) is 12.4 Å². The quantitative estimate of drug-likeness (QED) is 0.551. The average Bonchev–Trinajstić information content (AvgIpc) is 2.66. The normalized spacial score (nSPS) is 10.6. The third-order valence-corrected chi connectivity index (χ3v) is 4.01. The van der Waals surface area contributed by atoms with Crippen LogP contribution in [0, 0.1) is 10.1 Å². The van der Waals surface area contributed by atoms with E-state index < -0.39 is 4.92 Å². The Balaban J connectivity index is 1.70. The average molecular weight is 357 g/mol. The van der Waals surface area contributed by atoms with E-state index in [0.29, 0.717) is 12.2 Å². The van der Waals surface area contributed by atoms with Crippen LogP contribution in [-0.4, -0.2) is 49.5 Å². The Morgan fingerprint density at radius 3 is 2.35 bits per heavy atom. The molecule has 0 spiro atoms. The van der Waals surface area contributed by atoms with E-state index in [1.807, 2.05) is 7.05 Å². The number of ether oxygens (including phenoxy) is 1. The molecule has 1 amide bonds. The first-order valence-electron chi connectivity index (χ1n) is 8.36. The van der Waals surface area contributed by atoms with Crippen LogP contribution in [0.2, 0.25) is 0 Å². The van der Waals surface area contributed by atoms with E-state index in [1.165, 1.54) is 12.1 Å². The summed E-state index contributed by atoms with van der Waals surface area (Å²) in [4.78, 5) is 23.9. The molecule has 0 unspecified atom stereocenters. The van der Waals surface area contributed by atoms with E-state index in [1.54, 1.807) is 43.4 Å². The molecule has 0 atom stereocenters. The van der Waals surface area contributed by atoms with E-state index in [0.717, 1.165) is 30.8 Å². The zero-order valence-corrected chi connectivity index (χ0v) is 15.0. The topological polar surface area (TPSA) is 84.7 Å². The fourth-order valence-corrected chi connectivity index (χ4v) is 2.38. The summed E-state index contributed by atoms with van der Waals surface area (Å²) < 4.78 is 5.69. The van der Waals surface area contributed by atoms with E-state index in [-0.39, 0.29) is 11.6 Å². The Morgan fingerprint density at radius 1 is 1.12 bits per heavy atom. The predicted molar refractivity (Wildman–Crippen MR) is 99.6 cm³/mol. The molecule has 138 valence electrons. The van der Waals surface area contributed by atoms with Gasteiger partial charge in [0, 0.05) is 37.8 Å².